The lowest BCUT2D eigenvalue weighted by Crippen LogP contribution is -2.44. The van der Waals surface area contributed by atoms with Gasteiger partial charge in [0.1, 0.15) is 23.1 Å². The van der Waals surface area contributed by atoms with E-state index in [1.165, 1.54) is 11.3 Å². The van der Waals surface area contributed by atoms with Crippen molar-refractivity contribution in [2.75, 3.05) is 0 Å². The van der Waals surface area contributed by atoms with Crippen LogP contribution in [0.5, 0.6) is 5.75 Å². The van der Waals surface area contributed by atoms with Crippen LogP contribution in [-0.2, 0) is 11.4 Å². The van der Waals surface area contributed by atoms with Crippen LogP contribution in [0.3, 0.4) is 0 Å². The zero-order valence-electron chi connectivity index (χ0n) is 19.8. The Balaban J connectivity index is 1.43. The SMILES string of the molecule is Cc1cc(C)cc(OCc2nc(C(=O)NC3CCC(NC(=O)CC(C)(C)C)CC3)cs2)c1. The predicted octanol–water partition coefficient (Wildman–Crippen LogP) is 4.93. The molecule has 3 rings (SSSR count). The molecule has 1 aliphatic rings. The molecule has 0 unspecified atom stereocenters. The van der Waals surface area contributed by atoms with Crippen LogP contribution in [0.25, 0.3) is 0 Å². The van der Waals surface area contributed by atoms with Crippen LogP contribution < -0.4 is 15.4 Å². The van der Waals surface area contributed by atoms with Gasteiger partial charge >= 0.3 is 0 Å². The fraction of sp³-hybridized carbons (Fsp3) is 0.560. The molecule has 0 bridgehead atoms. The first kappa shape index (κ1) is 24.2. The highest BCUT2D eigenvalue weighted by Gasteiger charge is 2.25. The van der Waals surface area contributed by atoms with E-state index >= 15 is 0 Å². The maximum atomic E-state index is 12.6. The fourth-order valence-electron chi connectivity index (χ4n) is 4.04. The van der Waals surface area contributed by atoms with Crippen molar-refractivity contribution in [2.45, 2.75) is 85.4 Å². The second kappa shape index (κ2) is 10.5. The summed E-state index contributed by atoms with van der Waals surface area (Å²) in [5.41, 5.74) is 2.74. The Morgan fingerprint density at radius 2 is 1.62 bits per heavy atom. The Kier molecular flexibility index (Phi) is 7.93. The Labute approximate surface area is 195 Å². The molecular formula is C25H35N3O3S. The Hall–Kier alpha value is -2.41. The van der Waals surface area contributed by atoms with Crippen molar-refractivity contribution in [1.82, 2.24) is 15.6 Å². The van der Waals surface area contributed by atoms with Crippen molar-refractivity contribution in [3.63, 3.8) is 0 Å². The van der Waals surface area contributed by atoms with Gasteiger partial charge in [-0.05, 0) is 68.2 Å². The minimum absolute atomic E-state index is 0.00826. The first-order valence-corrected chi connectivity index (χ1v) is 12.2. The molecule has 2 N–H and O–H groups in total. The predicted molar refractivity (Wildman–Crippen MR) is 128 cm³/mol. The van der Waals surface area contributed by atoms with Crippen molar-refractivity contribution in [3.05, 3.63) is 45.4 Å². The lowest BCUT2D eigenvalue weighted by atomic mass is 9.89. The zero-order chi connectivity index (χ0) is 23.3. The number of thiazole rings is 1. The molecule has 174 valence electrons. The number of carbonyl (C=O) groups is 2. The second-order valence-electron chi connectivity index (χ2n) is 10.1. The fourth-order valence-corrected chi connectivity index (χ4v) is 4.73. The highest BCUT2D eigenvalue weighted by molar-refractivity contribution is 7.09. The van der Waals surface area contributed by atoms with Gasteiger partial charge < -0.3 is 15.4 Å². The van der Waals surface area contributed by atoms with E-state index in [2.05, 4.69) is 42.5 Å². The number of rotatable bonds is 7. The molecule has 1 aliphatic carbocycles. The third-order valence-corrected chi connectivity index (χ3v) is 6.28. The van der Waals surface area contributed by atoms with E-state index in [1.807, 2.05) is 26.0 Å². The van der Waals surface area contributed by atoms with Gasteiger partial charge in [-0.2, -0.15) is 0 Å². The van der Waals surface area contributed by atoms with Crippen molar-refractivity contribution >= 4 is 23.2 Å². The molecule has 6 nitrogen and oxygen atoms in total. The first-order chi connectivity index (χ1) is 15.1. The second-order valence-corrected chi connectivity index (χ2v) is 11.0. The average Bonchev–Trinajstić information content (AvgIpc) is 3.15. The van der Waals surface area contributed by atoms with Gasteiger partial charge in [0.2, 0.25) is 5.91 Å². The van der Waals surface area contributed by atoms with Crippen LogP contribution in [0, 0.1) is 19.3 Å². The summed E-state index contributed by atoms with van der Waals surface area (Å²) in [6.45, 7) is 10.6. The summed E-state index contributed by atoms with van der Waals surface area (Å²) < 4.78 is 5.85. The quantitative estimate of drug-likeness (QED) is 0.618. The number of amides is 2. The molecule has 32 heavy (non-hydrogen) atoms. The van der Waals surface area contributed by atoms with Gasteiger partial charge in [0.05, 0.1) is 0 Å². The minimum atomic E-state index is -0.140. The normalized spacial score (nSPS) is 18.8. The monoisotopic (exact) mass is 457 g/mol. The molecular weight excluding hydrogens is 422 g/mol. The molecule has 0 atom stereocenters. The summed E-state index contributed by atoms with van der Waals surface area (Å²) in [5, 5.41) is 8.81. The van der Waals surface area contributed by atoms with Gasteiger partial charge in [0.25, 0.3) is 5.91 Å². The van der Waals surface area contributed by atoms with E-state index in [9.17, 15) is 9.59 Å². The molecule has 0 aliphatic heterocycles. The number of aromatic nitrogens is 1. The molecule has 1 aromatic heterocycles. The van der Waals surface area contributed by atoms with E-state index in [0.717, 1.165) is 47.6 Å². The van der Waals surface area contributed by atoms with Crippen LogP contribution in [-0.4, -0.2) is 28.9 Å². The van der Waals surface area contributed by atoms with Gasteiger partial charge in [-0.1, -0.05) is 26.8 Å². The number of hydrogen-bond donors (Lipinski definition) is 2. The summed E-state index contributed by atoms with van der Waals surface area (Å²) in [6.07, 6.45) is 4.01. The van der Waals surface area contributed by atoms with E-state index in [1.54, 1.807) is 5.38 Å². The van der Waals surface area contributed by atoms with E-state index < -0.39 is 0 Å². The standard InChI is InChI=1S/C25H35N3O3S/c1-16-10-17(2)12-20(11-16)31-14-23-28-21(15-32-23)24(30)27-19-8-6-18(7-9-19)26-22(29)13-25(3,4)5/h10-12,15,18-19H,6-9,13-14H2,1-5H3,(H,26,29)(H,27,30). The highest BCUT2D eigenvalue weighted by atomic mass is 32.1. The molecule has 1 aromatic carbocycles. The van der Waals surface area contributed by atoms with Crippen molar-refractivity contribution in [2.24, 2.45) is 5.41 Å². The van der Waals surface area contributed by atoms with Gasteiger partial charge in [-0.3, -0.25) is 9.59 Å². The number of benzene rings is 1. The number of ether oxygens (including phenoxy) is 1. The number of nitrogens with zero attached hydrogens (tertiary/aromatic N) is 1. The number of aryl methyl sites for hydroxylation is 2. The number of carbonyl (C=O) groups excluding carboxylic acids is 2. The van der Waals surface area contributed by atoms with Crippen LogP contribution >= 0.6 is 11.3 Å². The molecule has 7 heteroatoms. The molecule has 1 fully saturated rings. The van der Waals surface area contributed by atoms with Gasteiger partial charge in [0, 0.05) is 23.9 Å². The third kappa shape index (κ3) is 7.62. The molecule has 1 heterocycles. The summed E-state index contributed by atoms with van der Waals surface area (Å²) >= 11 is 1.43. The van der Waals surface area contributed by atoms with Crippen LogP contribution in [0.2, 0.25) is 0 Å². The van der Waals surface area contributed by atoms with E-state index in [4.69, 9.17) is 4.74 Å². The maximum Gasteiger partial charge on any atom is 0.270 e. The summed E-state index contributed by atoms with van der Waals surface area (Å²) in [5.74, 6) is 0.789. The largest absolute Gasteiger partial charge is 0.486 e. The van der Waals surface area contributed by atoms with Gasteiger partial charge in [0.15, 0.2) is 0 Å². The third-order valence-electron chi connectivity index (χ3n) is 5.46. The highest BCUT2D eigenvalue weighted by Crippen LogP contribution is 2.23. The Morgan fingerprint density at radius 3 is 2.22 bits per heavy atom. The molecule has 1 saturated carbocycles. The zero-order valence-corrected chi connectivity index (χ0v) is 20.6. The van der Waals surface area contributed by atoms with Gasteiger partial charge in [-0.15, -0.1) is 11.3 Å². The molecule has 0 spiro atoms. The minimum Gasteiger partial charge on any atom is -0.486 e. The first-order valence-electron chi connectivity index (χ1n) is 11.3. The number of nitrogens with one attached hydrogen (secondary N) is 2. The van der Waals surface area contributed by atoms with Crippen molar-refractivity contribution in [3.8, 4) is 5.75 Å². The van der Waals surface area contributed by atoms with Gasteiger partial charge in [-0.25, -0.2) is 4.98 Å². The topological polar surface area (TPSA) is 80.3 Å². The molecule has 0 radical (unpaired) electrons. The number of hydrogen-bond acceptors (Lipinski definition) is 5. The summed E-state index contributed by atoms with van der Waals surface area (Å²) in [4.78, 5) is 29.2. The smallest absolute Gasteiger partial charge is 0.270 e. The maximum absolute atomic E-state index is 12.6. The molecule has 2 aromatic rings. The lowest BCUT2D eigenvalue weighted by Gasteiger charge is -2.30. The Bertz CT molecular complexity index is 920. The van der Waals surface area contributed by atoms with Crippen molar-refractivity contribution in [1.29, 1.82) is 0 Å². The lowest BCUT2D eigenvalue weighted by molar-refractivity contribution is -0.123. The molecule has 2 amide bonds. The van der Waals surface area contributed by atoms with E-state index in [0.29, 0.717) is 18.7 Å². The van der Waals surface area contributed by atoms with Crippen molar-refractivity contribution < 1.29 is 14.3 Å². The van der Waals surface area contributed by atoms with Crippen LogP contribution in [0.4, 0.5) is 0 Å². The molecule has 0 saturated heterocycles. The van der Waals surface area contributed by atoms with Crippen LogP contribution in [0.15, 0.2) is 23.6 Å². The summed E-state index contributed by atoms with van der Waals surface area (Å²) in [6, 6.07) is 6.42. The van der Waals surface area contributed by atoms with Crippen LogP contribution in [0.1, 0.15) is 79.5 Å². The van der Waals surface area contributed by atoms with E-state index in [-0.39, 0.29) is 29.3 Å². The average molecular weight is 458 g/mol. The Morgan fingerprint density at radius 1 is 1.03 bits per heavy atom. The summed E-state index contributed by atoms with van der Waals surface area (Å²) in [7, 11) is 0.